The maximum Gasteiger partial charge on any atom is 0.217 e. The molecule has 7 nitrogen and oxygen atoms in total. The first kappa shape index (κ1) is 14.2. The molecule has 2 bridgehead atoms. The van der Waals surface area contributed by atoms with E-state index in [1.54, 1.807) is 13.8 Å². The highest BCUT2D eigenvalue weighted by atomic mass is 16.8. The second kappa shape index (κ2) is 4.64. The Balaban J connectivity index is 1.86. The number of fused-ring (bicyclic) bond motifs is 4. The highest BCUT2D eigenvalue weighted by molar-refractivity contribution is 5.73. The zero-order chi connectivity index (χ0) is 14.5. The van der Waals surface area contributed by atoms with E-state index in [1.165, 1.54) is 6.92 Å². The lowest BCUT2D eigenvalue weighted by Crippen LogP contribution is -2.65. The topological polar surface area (TPSA) is 86.3 Å². The third kappa shape index (κ3) is 2.33. The van der Waals surface area contributed by atoms with Gasteiger partial charge in [0.25, 0.3) is 0 Å². The standard InChI is InChI=1S/C13H21NO6/c1-7(15)14-8-9-10(19-6-18-9)13(4-12(2,3)16)5-17-11(8)20-13/h8-11,16H,4-6H2,1-3H3,(H,14,15)/t8-,9-,10-,11-,13-/m1/s1. The molecule has 5 atom stereocenters. The average Bonchev–Trinajstić information content (AvgIpc) is 2.88. The lowest BCUT2D eigenvalue weighted by Gasteiger charge is -2.44. The van der Waals surface area contributed by atoms with Gasteiger partial charge in [-0.1, -0.05) is 0 Å². The molecule has 0 spiro atoms. The summed E-state index contributed by atoms with van der Waals surface area (Å²) in [4.78, 5) is 11.3. The summed E-state index contributed by atoms with van der Waals surface area (Å²) in [5.41, 5.74) is -1.63. The molecule has 1 amide bonds. The van der Waals surface area contributed by atoms with Gasteiger partial charge in [-0.25, -0.2) is 0 Å². The maximum atomic E-state index is 11.3. The minimum absolute atomic E-state index is 0.162. The predicted octanol–water partition coefficient (Wildman–Crippen LogP) is -0.481. The Kier molecular flexibility index (Phi) is 3.30. The van der Waals surface area contributed by atoms with Gasteiger partial charge in [-0.05, 0) is 13.8 Å². The van der Waals surface area contributed by atoms with Gasteiger partial charge in [0.2, 0.25) is 5.91 Å². The van der Waals surface area contributed by atoms with E-state index in [1.807, 2.05) is 0 Å². The van der Waals surface area contributed by atoms with Crippen LogP contribution in [0.15, 0.2) is 0 Å². The van der Waals surface area contributed by atoms with Crippen molar-refractivity contribution in [2.24, 2.45) is 0 Å². The number of aliphatic hydroxyl groups is 1. The van der Waals surface area contributed by atoms with Gasteiger partial charge in [0.1, 0.15) is 30.6 Å². The van der Waals surface area contributed by atoms with Crippen molar-refractivity contribution in [2.45, 2.75) is 62.9 Å². The van der Waals surface area contributed by atoms with Gasteiger partial charge in [-0.15, -0.1) is 0 Å². The highest BCUT2D eigenvalue weighted by Gasteiger charge is 2.63. The molecular formula is C13H21NO6. The van der Waals surface area contributed by atoms with Gasteiger partial charge >= 0.3 is 0 Å². The number of carbonyl (C=O) groups is 1. The molecule has 3 aliphatic heterocycles. The van der Waals surface area contributed by atoms with Gasteiger partial charge in [0.15, 0.2) is 6.29 Å². The fourth-order valence-corrected chi connectivity index (χ4v) is 3.43. The van der Waals surface area contributed by atoms with Crippen LogP contribution in [0, 0.1) is 0 Å². The second-order valence-electron chi connectivity index (χ2n) is 6.41. The van der Waals surface area contributed by atoms with Gasteiger partial charge < -0.3 is 29.4 Å². The van der Waals surface area contributed by atoms with Crippen molar-refractivity contribution < 1.29 is 28.8 Å². The molecule has 0 unspecified atom stereocenters. The molecule has 0 aromatic heterocycles. The molecule has 3 rings (SSSR count). The van der Waals surface area contributed by atoms with E-state index in [9.17, 15) is 9.90 Å². The molecule has 3 aliphatic rings. The first-order valence-corrected chi connectivity index (χ1v) is 6.83. The van der Waals surface area contributed by atoms with Crippen LogP contribution in [0.3, 0.4) is 0 Å². The van der Waals surface area contributed by atoms with E-state index in [0.717, 1.165) is 0 Å². The molecule has 3 heterocycles. The fourth-order valence-electron chi connectivity index (χ4n) is 3.43. The molecule has 2 N–H and O–H groups in total. The predicted molar refractivity (Wildman–Crippen MR) is 66.7 cm³/mol. The zero-order valence-electron chi connectivity index (χ0n) is 11.9. The number of amides is 1. The van der Waals surface area contributed by atoms with Crippen molar-refractivity contribution in [2.75, 3.05) is 13.4 Å². The minimum atomic E-state index is -0.907. The Morgan fingerprint density at radius 2 is 2.15 bits per heavy atom. The van der Waals surface area contributed by atoms with Crippen molar-refractivity contribution in [1.29, 1.82) is 0 Å². The number of carbonyl (C=O) groups excluding carboxylic acids is 1. The lowest BCUT2D eigenvalue weighted by atomic mass is 9.80. The summed E-state index contributed by atoms with van der Waals surface area (Å²) in [7, 11) is 0. The van der Waals surface area contributed by atoms with Crippen LogP contribution in [-0.2, 0) is 23.7 Å². The molecule has 0 aromatic carbocycles. The molecule has 20 heavy (non-hydrogen) atoms. The van der Waals surface area contributed by atoms with Gasteiger partial charge in [0.05, 0.1) is 12.2 Å². The van der Waals surface area contributed by atoms with Crippen LogP contribution in [0.2, 0.25) is 0 Å². The van der Waals surface area contributed by atoms with Crippen LogP contribution < -0.4 is 5.32 Å². The summed E-state index contributed by atoms with van der Waals surface area (Å²) in [5.74, 6) is -0.168. The normalized spacial score (nSPS) is 43.4. The zero-order valence-corrected chi connectivity index (χ0v) is 11.9. The first-order chi connectivity index (χ1) is 9.31. The van der Waals surface area contributed by atoms with Crippen LogP contribution in [0.25, 0.3) is 0 Å². The second-order valence-corrected chi connectivity index (χ2v) is 6.41. The molecule has 0 saturated carbocycles. The summed E-state index contributed by atoms with van der Waals surface area (Å²) in [6, 6.07) is -0.391. The first-order valence-electron chi connectivity index (χ1n) is 6.83. The van der Waals surface area contributed by atoms with Crippen LogP contribution in [0.4, 0.5) is 0 Å². The Bertz CT molecular complexity index is 408. The Labute approximate surface area is 117 Å². The Hall–Kier alpha value is -0.730. The summed E-state index contributed by atoms with van der Waals surface area (Å²) in [6.45, 7) is 5.38. The quantitative estimate of drug-likeness (QED) is 0.729. The molecule has 0 radical (unpaired) electrons. The van der Waals surface area contributed by atoms with E-state index in [2.05, 4.69) is 5.32 Å². The third-order valence-electron chi connectivity index (χ3n) is 3.92. The lowest BCUT2D eigenvalue weighted by molar-refractivity contribution is -0.208. The molecule has 114 valence electrons. The Morgan fingerprint density at radius 1 is 1.40 bits per heavy atom. The van der Waals surface area contributed by atoms with E-state index < -0.39 is 23.5 Å². The van der Waals surface area contributed by atoms with Crippen molar-refractivity contribution in [3.8, 4) is 0 Å². The maximum absolute atomic E-state index is 11.3. The van der Waals surface area contributed by atoms with Crippen LogP contribution in [0.5, 0.6) is 0 Å². The highest BCUT2D eigenvalue weighted by Crippen LogP contribution is 2.45. The monoisotopic (exact) mass is 287 g/mol. The number of rotatable bonds is 3. The Morgan fingerprint density at radius 3 is 2.80 bits per heavy atom. The van der Waals surface area contributed by atoms with E-state index in [-0.39, 0.29) is 24.9 Å². The number of nitrogens with one attached hydrogen (secondary N) is 1. The summed E-state index contributed by atoms with van der Waals surface area (Å²) in [6.07, 6.45) is -0.857. The number of hydrogen-bond donors (Lipinski definition) is 2. The summed E-state index contributed by atoms with van der Waals surface area (Å²) in [5, 5.41) is 12.9. The van der Waals surface area contributed by atoms with Crippen LogP contribution in [0.1, 0.15) is 27.2 Å². The number of ether oxygens (including phenoxy) is 4. The molecule has 3 fully saturated rings. The number of hydrogen-bond acceptors (Lipinski definition) is 6. The van der Waals surface area contributed by atoms with Crippen molar-refractivity contribution >= 4 is 5.91 Å². The van der Waals surface area contributed by atoms with Crippen molar-refractivity contribution in [3.05, 3.63) is 0 Å². The smallest absolute Gasteiger partial charge is 0.217 e. The molecule has 0 aromatic rings. The molecule has 0 aliphatic carbocycles. The fraction of sp³-hybridized carbons (Fsp3) is 0.923. The van der Waals surface area contributed by atoms with Gasteiger partial charge in [-0.2, -0.15) is 0 Å². The molecular weight excluding hydrogens is 266 g/mol. The summed E-state index contributed by atoms with van der Waals surface area (Å²) >= 11 is 0. The van der Waals surface area contributed by atoms with Crippen molar-refractivity contribution in [1.82, 2.24) is 5.32 Å². The van der Waals surface area contributed by atoms with Crippen molar-refractivity contribution in [3.63, 3.8) is 0 Å². The van der Waals surface area contributed by atoms with Gasteiger partial charge in [-0.3, -0.25) is 4.79 Å². The van der Waals surface area contributed by atoms with E-state index in [0.29, 0.717) is 13.0 Å². The molecule has 7 heteroatoms. The minimum Gasteiger partial charge on any atom is -0.390 e. The third-order valence-corrected chi connectivity index (χ3v) is 3.92. The molecule has 3 saturated heterocycles. The van der Waals surface area contributed by atoms with Crippen LogP contribution in [-0.4, -0.2) is 60.2 Å². The average molecular weight is 287 g/mol. The van der Waals surface area contributed by atoms with Crippen LogP contribution >= 0.6 is 0 Å². The van der Waals surface area contributed by atoms with E-state index in [4.69, 9.17) is 18.9 Å². The SMILES string of the molecule is CC(=O)N[C@H]1[C@@H]2OC[C@@](CC(C)(C)O)(O2)[C@@H]2OCO[C@H]12. The largest absolute Gasteiger partial charge is 0.390 e. The van der Waals surface area contributed by atoms with Gasteiger partial charge in [0, 0.05) is 13.3 Å². The van der Waals surface area contributed by atoms with E-state index >= 15 is 0 Å². The summed E-state index contributed by atoms with van der Waals surface area (Å²) < 4.78 is 22.9.